The number of rotatable bonds is 1. The summed E-state index contributed by atoms with van der Waals surface area (Å²) < 4.78 is 14.0. The van der Waals surface area contributed by atoms with Crippen LogP contribution in [-0.2, 0) is 4.74 Å². The second-order valence-electron chi connectivity index (χ2n) is 1.73. The first kappa shape index (κ1) is 10.6. The Kier molecular flexibility index (Phi) is 5.51. The number of hydrogen-bond acceptors (Lipinski definition) is 3. The molecule has 0 saturated heterocycles. The van der Waals surface area contributed by atoms with E-state index in [0.717, 1.165) is 0 Å². The van der Waals surface area contributed by atoms with Gasteiger partial charge in [0.05, 0.1) is 19.9 Å². The number of esters is 1. The number of pyridine rings is 1. The number of carbonyl (C=O) groups excluding carboxylic acids is 1. The number of halogens is 1. The molecule has 0 aliphatic rings. The summed E-state index contributed by atoms with van der Waals surface area (Å²) >= 11 is 0. The molecule has 1 aromatic heterocycles. The average Bonchev–Trinajstić information content (AvgIpc) is 2.21. The summed E-state index contributed by atoms with van der Waals surface area (Å²) in [4.78, 5) is 14.5. The Hall–Kier alpha value is -1.45. The second-order valence-corrected chi connectivity index (χ2v) is 1.73. The van der Waals surface area contributed by atoms with E-state index in [-0.39, 0.29) is 5.97 Å². The van der Waals surface area contributed by atoms with Crippen LogP contribution in [0.2, 0.25) is 0 Å². The minimum Gasteiger partial charge on any atom is -0.465 e. The van der Waals surface area contributed by atoms with Crippen molar-refractivity contribution in [3.8, 4) is 0 Å². The molecule has 0 atom stereocenters. The van der Waals surface area contributed by atoms with Crippen molar-refractivity contribution in [1.29, 1.82) is 0 Å². The summed E-state index contributed by atoms with van der Waals surface area (Å²) in [7, 11) is 1.84. The summed E-state index contributed by atoms with van der Waals surface area (Å²) in [6, 6.07) is 3.34. The molecule has 0 N–H and O–H groups in total. The average molecular weight is 171 g/mol. The highest BCUT2D eigenvalue weighted by Crippen LogP contribution is 1.96. The Bertz CT molecular complexity index is 226. The van der Waals surface area contributed by atoms with Crippen molar-refractivity contribution in [2.45, 2.75) is 0 Å². The van der Waals surface area contributed by atoms with Crippen molar-refractivity contribution in [2.75, 3.05) is 14.3 Å². The molecular weight excluding hydrogens is 161 g/mol. The Balaban J connectivity index is 0.000000561. The maximum absolute atomic E-state index is 10.8. The summed E-state index contributed by atoms with van der Waals surface area (Å²) in [6.07, 6.45) is 3.07. The van der Waals surface area contributed by atoms with E-state index in [1.54, 1.807) is 18.3 Å². The molecule has 0 aromatic carbocycles. The van der Waals surface area contributed by atoms with Gasteiger partial charge in [0.1, 0.15) is 0 Å². The Labute approximate surface area is 70.2 Å². The van der Waals surface area contributed by atoms with Gasteiger partial charge in [-0.3, -0.25) is 9.37 Å². The van der Waals surface area contributed by atoms with Gasteiger partial charge in [-0.25, -0.2) is 4.79 Å². The topological polar surface area (TPSA) is 39.2 Å². The zero-order valence-electron chi connectivity index (χ0n) is 6.95. The number of alkyl halides is 1. The molecule has 1 aromatic rings. The normalized spacial score (nSPS) is 7.92. The quantitative estimate of drug-likeness (QED) is 0.600. The number of nitrogens with zero attached hydrogens (tertiary/aromatic N) is 1. The van der Waals surface area contributed by atoms with Crippen LogP contribution in [0.25, 0.3) is 0 Å². The number of hydrogen-bond donors (Lipinski definition) is 0. The molecule has 3 nitrogen and oxygen atoms in total. The van der Waals surface area contributed by atoms with Crippen LogP contribution in [0.15, 0.2) is 24.5 Å². The maximum atomic E-state index is 10.8. The van der Waals surface area contributed by atoms with Crippen LogP contribution in [-0.4, -0.2) is 25.2 Å². The lowest BCUT2D eigenvalue weighted by Gasteiger charge is -1.94. The van der Waals surface area contributed by atoms with Crippen molar-refractivity contribution >= 4 is 5.97 Å². The number of methoxy groups -OCH3 is 1. The fourth-order valence-electron chi connectivity index (χ4n) is 0.601. The van der Waals surface area contributed by atoms with Crippen LogP contribution in [0, 0.1) is 0 Å². The number of carbonyl (C=O) groups is 1. The second kappa shape index (κ2) is 6.27. The summed E-state index contributed by atoms with van der Waals surface area (Å²) in [5.74, 6) is -0.354. The standard InChI is InChI=1S/C7H7NO2.CH3F/c1-10-7(9)6-3-2-4-8-5-6;1-2/h2-5H,1H3;1H3. The molecule has 12 heavy (non-hydrogen) atoms. The van der Waals surface area contributed by atoms with Gasteiger partial charge >= 0.3 is 5.97 Å². The van der Waals surface area contributed by atoms with Gasteiger partial charge in [-0.1, -0.05) is 0 Å². The highest BCUT2D eigenvalue weighted by molar-refractivity contribution is 5.88. The molecule has 0 spiro atoms. The van der Waals surface area contributed by atoms with Gasteiger partial charge < -0.3 is 4.74 Å². The molecule has 0 aliphatic heterocycles. The van der Waals surface area contributed by atoms with E-state index in [2.05, 4.69) is 9.72 Å². The van der Waals surface area contributed by atoms with Crippen LogP contribution >= 0.6 is 0 Å². The van der Waals surface area contributed by atoms with Gasteiger partial charge in [0.2, 0.25) is 0 Å². The maximum Gasteiger partial charge on any atom is 0.339 e. The van der Waals surface area contributed by atoms with E-state index in [0.29, 0.717) is 12.7 Å². The van der Waals surface area contributed by atoms with Gasteiger partial charge in [0, 0.05) is 12.4 Å². The molecule has 0 unspecified atom stereocenters. The Morgan fingerprint density at radius 3 is 2.67 bits per heavy atom. The summed E-state index contributed by atoms with van der Waals surface area (Å²) in [5.41, 5.74) is 0.477. The van der Waals surface area contributed by atoms with Crippen molar-refractivity contribution in [3.63, 3.8) is 0 Å². The number of ether oxygens (including phenoxy) is 1. The van der Waals surface area contributed by atoms with E-state index in [9.17, 15) is 9.18 Å². The van der Waals surface area contributed by atoms with E-state index < -0.39 is 0 Å². The first-order valence-corrected chi connectivity index (χ1v) is 3.20. The SMILES string of the molecule is CF.COC(=O)c1cccnc1. The lowest BCUT2D eigenvalue weighted by molar-refractivity contribution is 0.0600. The van der Waals surface area contributed by atoms with E-state index >= 15 is 0 Å². The first-order chi connectivity index (χ1) is 5.84. The van der Waals surface area contributed by atoms with Crippen molar-refractivity contribution in [1.82, 2.24) is 4.98 Å². The molecule has 1 rings (SSSR count). The molecular formula is C8H10FNO2. The van der Waals surface area contributed by atoms with Crippen LogP contribution < -0.4 is 0 Å². The minimum atomic E-state index is -0.354. The molecule has 0 aliphatic carbocycles. The fraction of sp³-hybridized carbons (Fsp3) is 0.250. The highest BCUT2D eigenvalue weighted by Gasteiger charge is 2.01. The van der Waals surface area contributed by atoms with Crippen LogP contribution in [0.5, 0.6) is 0 Å². The lowest BCUT2D eigenvalue weighted by atomic mass is 10.3. The third-order valence-corrected chi connectivity index (χ3v) is 1.08. The third kappa shape index (κ3) is 3.09. The Morgan fingerprint density at radius 2 is 2.25 bits per heavy atom. The zero-order valence-corrected chi connectivity index (χ0v) is 6.95. The predicted molar refractivity (Wildman–Crippen MR) is 42.6 cm³/mol. The van der Waals surface area contributed by atoms with Crippen molar-refractivity contribution < 1.29 is 13.9 Å². The lowest BCUT2D eigenvalue weighted by Crippen LogP contribution is -2.00. The fourth-order valence-corrected chi connectivity index (χ4v) is 0.601. The molecule has 0 saturated carbocycles. The van der Waals surface area contributed by atoms with E-state index in [1.165, 1.54) is 13.3 Å². The minimum absolute atomic E-state index is 0.354. The largest absolute Gasteiger partial charge is 0.465 e. The molecule has 0 bridgehead atoms. The van der Waals surface area contributed by atoms with Gasteiger partial charge in [-0.2, -0.15) is 0 Å². The third-order valence-electron chi connectivity index (χ3n) is 1.08. The van der Waals surface area contributed by atoms with Gasteiger partial charge in [0.25, 0.3) is 0 Å². The van der Waals surface area contributed by atoms with Crippen LogP contribution in [0.1, 0.15) is 10.4 Å². The van der Waals surface area contributed by atoms with E-state index in [4.69, 9.17) is 0 Å². The van der Waals surface area contributed by atoms with Crippen molar-refractivity contribution in [3.05, 3.63) is 30.1 Å². The monoisotopic (exact) mass is 171 g/mol. The molecule has 66 valence electrons. The molecule has 1 heterocycles. The molecule has 0 radical (unpaired) electrons. The van der Waals surface area contributed by atoms with Gasteiger partial charge in [0.15, 0.2) is 0 Å². The Morgan fingerprint density at radius 1 is 1.58 bits per heavy atom. The van der Waals surface area contributed by atoms with Crippen LogP contribution in [0.4, 0.5) is 4.39 Å². The molecule has 4 heteroatoms. The molecule has 0 fully saturated rings. The van der Waals surface area contributed by atoms with Gasteiger partial charge in [-0.15, -0.1) is 0 Å². The highest BCUT2D eigenvalue weighted by atomic mass is 19.1. The zero-order chi connectivity index (χ0) is 9.40. The van der Waals surface area contributed by atoms with Crippen molar-refractivity contribution in [2.24, 2.45) is 0 Å². The predicted octanol–water partition coefficient (Wildman–Crippen LogP) is 1.45. The summed E-state index contributed by atoms with van der Waals surface area (Å²) in [6.45, 7) is 0. The first-order valence-electron chi connectivity index (χ1n) is 3.20. The number of aromatic nitrogens is 1. The van der Waals surface area contributed by atoms with Crippen LogP contribution in [0.3, 0.4) is 0 Å². The smallest absolute Gasteiger partial charge is 0.339 e. The summed E-state index contributed by atoms with van der Waals surface area (Å²) in [5, 5.41) is 0. The van der Waals surface area contributed by atoms with Gasteiger partial charge in [-0.05, 0) is 12.1 Å². The van der Waals surface area contributed by atoms with E-state index in [1.807, 2.05) is 0 Å². The molecule has 0 amide bonds.